The molecule has 25 heavy (non-hydrogen) atoms. The molecule has 1 atom stereocenters. The predicted molar refractivity (Wildman–Crippen MR) is 96.2 cm³/mol. The summed E-state index contributed by atoms with van der Waals surface area (Å²) in [7, 11) is -3.62. The quantitative estimate of drug-likeness (QED) is 0.687. The highest BCUT2D eigenvalue weighted by Gasteiger charge is 2.21. The molecule has 0 bridgehead atoms. The molecule has 1 amide bonds. The van der Waals surface area contributed by atoms with Crippen molar-refractivity contribution in [3.05, 3.63) is 15.6 Å². The second-order valence-corrected chi connectivity index (χ2v) is 9.50. The lowest BCUT2D eigenvalue weighted by atomic mass is 10.0. The van der Waals surface area contributed by atoms with Gasteiger partial charge in [0, 0.05) is 31.0 Å². The molecule has 0 unspecified atom stereocenters. The molecular weight excluding hydrogens is 362 g/mol. The number of aryl methyl sites for hydroxylation is 2. The van der Waals surface area contributed by atoms with E-state index >= 15 is 0 Å². The lowest BCUT2D eigenvalue weighted by molar-refractivity contribution is -0.118. The molecule has 2 N–H and O–H groups in total. The van der Waals surface area contributed by atoms with Gasteiger partial charge >= 0.3 is 0 Å². The lowest BCUT2D eigenvalue weighted by Crippen LogP contribution is -2.39. The molecule has 9 heteroatoms. The Morgan fingerprint density at radius 1 is 1.28 bits per heavy atom. The first kappa shape index (κ1) is 18.8. The summed E-state index contributed by atoms with van der Waals surface area (Å²) in [5, 5.41) is 3.69. The molecule has 0 aromatic carbocycles. The monoisotopic (exact) mass is 387 g/mol. The van der Waals surface area contributed by atoms with Gasteiger partial charge in [0.1, 0.15) is 5.75 Å². The van der Waals surface area contributed by atoms with E-state index in [9.17, 15) is 13.2 Å². The number of ether oxygens (including phenoxy) is 1. The smallest absolute Gasteiger partial charge is 0.236 e. The maximum atomic E-state index is 11.9. The van der Waals surface area contributed by atoms with Crippen molar-refractivity contribution in [2.24, 2.45) is 0 Å². The number of amides is 1. The maximum Gasteiger partial charge on any atom is 0.236 e. The lowest BCUT2D eigenvalue weighted by Gasteiger charge is -2.11. The minimum absolute atomic E-state index is 0.0752. The molecule has 2 aliphatic rings. The molecule has 1 aromatic rings. The average Bonchev–Trinajstić information content (AvgIpc) is 3.21. The number of carbonyl (C=O) groups is 1. The topological polar surface area (TPSA) is 97.4 Å². The van der Waals surface area contributed by atoms with E-state index in [4.69, 9.17) is 4.74 Å². The SMILES string of the molecule is O=C(CS(=O)(=O)NC[C@H]1CCCO1)NCCc1nc2c(s1)CCCC2. The van der Waals surface area contributed by atoms with E-state index in [0.717, 1.165) is 30.7 Å². The van der Waals surface area contributed by atoms with E-state index < -0.39 is 21.7 Å². The number of nitrogens with zero attached hydrogens (tertiary/aromatic N) is 1. The largest absolute Gasteiger partial charge is 0.377 e. The highest BCUT2D eigenvalue weighted by molar-refractivity contribution is 7.90. The summed E-state index contributed by atoms with van der Waals surface area (Å²) in [6, 6.07) is 0. The zero-order chi connectivity index (χ0) is 17.7. The first-order valence-corrected chi connectivity index (χ1v) is 11.3. The number of thiazole rings is 1. The number of hydrogen-bond donors (Lipinski definition) is 2. The molecule has 1 aliphatic carbocycles. The molecule has 0 saturated carbocycles. The minimum Gasteiger partial charge on any atom is -0.377 e. The van der Waals surface area contributed by atoms with Gasteiger partial charge < -0.3 is 10.1 Å². The van der Waals surface area contributed by atoms with Crippen LogP contribution in [0.15, 0.2) is 0 Å². The third kappa shape index (κ3) is 5.73. The van der Waals surface area contributed by atoms with E-state index in [1.54, 1.807) is 11.3 Å². The van der Waals surface area contributed by atoms with Crippen LogP contribution >= 0.6 is 11.3 Å². The standard InChI is InChI=1S/C16H25N3O4S2/c20-15(11-25(21,22)18-10-12-4-3-9-23-12)17-8-7-16-19-13-5-1-2-6-14(13)24-16/h12,18H,1-11H2,(H,17,20)/t12-/m1/s1. The van der Waals surface area contributed by atoms with Crippen molar-refractivity contribution in [1.82, 2.24) is 15.0 Å². The number of nitrogens with one attached hydrogen (secondary N) is 2. The van der Waals surface area contributed by atoms with Gasteiger partial charge in [-0.15, -0.1) is 11.3 Å². The van der Waals surface area contributed by atoms with E-state index in [1.165, 1.54) is 23.4 Å². The summed E-state index contributed by atoms with van der Waals surface area (Å²) in [4.78, 5) is 17.8. The van der Waals surface area contributed by atoms with Crippen molar-refractivity contribution in [2.45, 2.75) is 51.0 Å². The summed E-state index contributed by atoms with van der Waals surface area (Å²) in [5.74, 6) is -1.03. The van der Waals surface area contributed by atoms with Crippen molar-refractivity contribution in [1.29, 1.82) is 0 Å². The fourth-order valence-corrected chi connectivity index (χ4v) is 5.27. The maximum absolute atomic E-state index is 11.9. The Labute approximate surface area is 152 Å². The van der Waals surface area contributed by atoms with Crippen molar-refractivity contribution in [2.75, 3.05) is 25.4 Å². The van der Waals surface area contributed by atoms with Crippen LogP contribution in [0.5, 0.6) is 0 Å². The van der Waals surface area contributed by atoms with Gasteiger partial charge in [0.25, 0.3) is 0 Å². The van der Waals surface area contributed by atoms with Crippen LogP contribution in [0, 0.1) is 0 Å². The molecule has 1 aromatic heterocycles. The van der Waals surface area contributed by atoms with Crippen LogP contribution in [0.2, 0.25) is 0 Å². The third-order valence-corrected chi connectivity index (χ3v) is 6.89. The van der Waals surface area contributed by atoms with Crippen molar-refractivity contribution >= 4 is 27.3 Å². The van der Waals surface area contributed by atoms with Crippen LogP contribution in [0.25, 0.3) is 0 Å². The number of aromatic nitrogens is 1. The van der Waals surface area contributed by atoms with Gasteiger partial charge in [-0.05, 0) is 38.5 Å². The average molecular weight is 388 g/mol. The number of sulfonamides is 1. The Morgan fingerprint density at radius 3 is 2.88 bits per heavy atom. The molecule has 140 valence electrons. The van der Waals surface area contributed by atoms with Gasteiger partial charge in [-0.2, -0.15) is 0 Å². The third-order valence-electron chi connectivity index (χ3n) is 4.43. The molecule has 0 radical (unpaired) electrons. The molecule has 7 nitrogen and oxygen atoms in total. The number of rotatable bonds is 8. The van der Waals surface area contributed by atoms with Crippen molar-refractivity contribution < 1.29 is 17.9 Å². The molecular formula is C16H25N3O4S2. The summed E-state index contributed by atoms with van der Waals surface area (Å²) < 4.78 is 31.7. The fourth-order valence-electron chi connectivity index (χ4n) is 3.12. The van der Waals surface area contributed by atoms with Crippen LogP contribution in [-0.2, 0) is 38.8 Å². The zero-order valence-corrected chi connectivity index (χ0v) is 15.9. The number of fused-ring (bicyclic) bond motifs is 1. The first-order valence-electron chi connectivity index (χ1n) is 8.85. The van der Waals surface area contributed by atoms with Crippen LogP contribution in [0.3, 0.4) is 0 Å². The Balaban J connectivity index is 1.37. The molecule has 3 rings (SSSR count). The van der Waals surface area contributed by atoms with Gasteiger partial charge in [0.2, 0.25) is 15.9 Å². The van der Waals surface area contributed by atoms with E-state index in [1.807, 2.05) is 0 Å². The van der Waals surface area contributed by atoms with Crippen LogP contribution in [-0.4, -0.2) is 50.9 Å². The minimum atomic E-state index is -3.62. The Hall–Kier alpha value is -1.03. The highest BCUT2D eigenvalue weighted by atomic mass is 32.2. The Bertz CT molecular complexity index is 673. The fraction of sp³-hybridized carbons (Fsp3) is 0.750. The molecule has 2 heterocycles. The predicted octanol–water partition coefficient (Wildman–Crippen LogP) is 0.779. The van der Waals surface area contributed by atoms with E-state index in [2.05, 4.69) is 15.0 Å². The van der Waals surface area contributed by atoms with Gasteiger partial charge in [-0.25, -0.2) is 18.1 Å². The second-order valence-electron chi connectivity index (χ2n) is 6.53. The van der Waals surface area contributed by atoms with Gasteiger partial charge in [-0.1, -0.05) is 0 Å². The van der Waals surface area contributed by atoms with Crippen molar-refractivity contribution in [3.8, 4) is 0 Å². The highest BCUT2D eigenvalue weighted by Crippen LogP contribution is 2.26. The van der Waals surface area contributed by atoms with E-state index in [0.29, 0.717) is 19.6 Å². The van der Waals surface area contributed by atoms with Crippen molar-refractivity contribution in [3.63, 3.8) is 0 Å². The van der Waals surface area contributed by atoms with Crippen LogP contribution in [0.1, 0.15) is 41.3 Å². The van der Waals surface area contributed by atoms with Gasteiger partial charge in [0.15, 0.2) is 0 Å². The summed E-state index contributed by atoms with van der Waals surface area (Å²) in [6.45, 7) is 1.32. The molecule has 0 spiro atoms. The molecule has 1 saturated heterocycles. The van der Waals surface area contributed by atoms with Gasteiger partial charge in [-0.3, -0.25) is 4.79 Å². The summed E-state index contributed by atoms with van der Waals surface area (Å²) >= 11 is 1.72. The normalized spacial score (nSPS) is 20.4. The number of carbonyl (C=O) groups excluding carboxylic acids is 1. The van der Waals surface area contributed by atoms with Crippen LogP contribution < -0.4 is 10.0 Å². The first-order chi connectivity index (χ1) is 12.0. The van der Waals surface area contributed by atoms with Crippen LogP contribution in [0.4, 0.5) is 0 Å². The second kappa shape index (κ2) is 8.57. The Morgan fingerprint density at radius 2 is 2.12 bits per heavy atom. The Kier molecular flexibility index (Phi) is 6.43. The van der Waals surface area contributed by atoms with E-state index in [-0.39, 0.29) is 12.6 Å². The molecule has 1 aliphatic heterocycles. The van der Waals surface area contributed by atoms with Gasteiger partial charge in [0.05, 0.1) is 16.8 Å². The zero-order valence-electron chi connectivity index (χ0n) is 14.3. The number of hydrogen-bond acceptors (Lipinski definition) is 6. The summed E-state index contributed by atoms with van der Waals surface area (Å²) in [5.41, 5.74) is 1.21. The summed E-state index contributed by atoms with van der Waals surface area (Å²) in [6.07, 6.45) is 6.95. The molecule has 1 fully saturated rings.